The molecule has 1 amide bonds. The van der Waals surface area contributed by atoms with Crippen molar-refractivity contribution < 1.29 is 9.18 Å². The van der Waals surface area contributed by atoms with E-state index < -0.39 is 5.82 Å². The van der Waals surface area contributed by atoms with Crippen molar-refractivity contribution in [3.63, 3.8) is 0 Å². The minimum absolute atomic E-state index is 0.00160. The highest BCUT2D eigenvalue weighted by molar-refractivity contribution is 6.18. The minimum atomic E-state index is -0.469. The van der Waals surface area contributed by atoms with Gasteiger partial charge in [-0.15, -0.1) is 11.6 Å². The van der Waals surface area contributed by atoms with E-state index in [1.807, 2.05) is 0 Å². The molecule has 2 nitrogen and oxygen atoms in total. The molecule has 19 heavy (non-hydrogen) atoms. The fourth-order valence-corrected chi connectivity index (χ4v) is 3.01. The largest absolute Gasteiger partial charge is 0.351 e. The SMILES string of the molecule is Cc1ccc(C(=O)NCC2(CCl)CCCC2)c(F)c1. The Morgan fingerprint density at radius 1 is 1.42 bits per heavy atom. The van der Waals surface area contributed by atoms with E-state index in [4.69, 9.17) is 11.6 Å². The van der Waals surface area contributed by atoms with E-state index in [0.717, 1.165) is 31.2 Å². The maximum atomic E-state index is 13.7. The summed E-state index contributed by atoms with van der Waals surface area (Å²) in [6.45, 7) is 2.33. The highest BCUT2D eigenvalue weighted by Gasteiger charge is 2.33. The number of rotatable bonds is 4. The molecule has 0 heterocycles. The minimum Gasteiger partial charge on any atom is -0.351 e. The Labute approximate surface area is 118 Å². The molecule has 4 heteroatoms. The first-order valence-electron chi connectivity index (χ1n) is 6.67. The fourth-order valence-electron chi connectivity index (χ4n) is 2.65. The van der Waals surface area contributed by atoms with Crippen molar-refractivity contribution in [1.29, 1.82) is 0 Å². The van der Waals surface area contributed by atoms with Gasteiger partial charge in [0.15, 0.2) is 0 Å². The van der Waals surface area contributed by atoms with E-state index in [-0.39, 0.29) is 16.9 Å². The molecule has 1 saturated carbocycles. The zero-order chi connectivity index (χ0) is 13.9. The Balaban J connectivity index is 2.01. The molecule has 1 aliphatic rings. The smallest absolute Gasteiger partial charge is 0.254 e. The first-order chi connectivity index (χ1) is 9.06. The van der Waals surface area contributed by atoms with Crippen LogP contribution in [0.15, 0.2) is 18.2 Å². The van der Waals surface area contributed by atoms with E-state index in [9.17, 15) is 9.18 Å². The van der Waals surface area contributed by atoms with Gasteiger partial charge >= 0.3 is 0 Å². The van der Waals surface area contributed by atoms with Crippen LogP contribution in [0.1, 0.15) is 41.6 Å². The van der Waals surface area contributed by atoms with Crippen molar-refractivity contribution in [3.8, 4) is 0 Å². The third-order valence-corrected chi connectivity index (χ3v) is 4.51. The van der Waals surface area contributed by atoms with Gasteiger partial charge in [-0.05, 0) is 37.5 Å². The predicted molar refractivity (Wildman–Crippen MR) is 75.1 cm³/mol. The normalized spacial score (nSPS) is 17.4. The van der Waals surface area contributed by atoms with Gasteiger partial charge in [0.1, 0.15) is 5.82 Å². The molecule has 1 N–H and O–H groups in total. The number of benzene rings is 1. The van der Waals surface area contributed by atoms with Gasteiger partial charge in [-0.3, -0.25) is 4.79 Å². The van der Waals surface area contributed by atoms with Crippen LogP contribution in [0.2, 0.25) is 0 Å². The van der Waals surface area contributed by atoms with Crippen molar-refractivity contribution in [2.75, 3.05) is 12.4 Å². The Morgan fingerprint density at radius 2 is 2.11 bits per heavy atom. The van der Waals surface area contributed by atoms with Crippen molar-refractivity contribution in [2.45, 2.75) is 32.6 Å². The first kappa shape index (κ1) is 14.3. The molecule has 1 aromatic rings. The van der Waals surface area contributed by atoms with Crippen LogP contribution in [-0.2, 0) is 0 Å². The maximum Gasteiger partial charge on any atom is 0.254 e. The molecule has 0 aliphatic heterocycles. The second-order valence-corrected chi connectivity index (χ2v) is 5.77. The van der Waals surface area contributed by atoms with Crippen molar-refractivity contribution in [1.82, 2.24) is 5.32 Å². The van der Waals surface area contributed by atoms with Gasteiger partial charge < -0.3 is 5.32 Å². The van der Waals surface area contributed by atoms with Gasteiger partial charge in [-0.25, -0.2) is 4.39 Å². The molecule has 1 aliphatic carbocycles. The summed E-state index contributed by atoms with van der Waals surface area (Å²) in [5, 5.41) is 2.83. The number of hydrogen-bond donors (Lipinski definition) is 1. The topological polar surface area (TPSA) is 29.1 Å². The van der Waals surface area contributed by atoms with Crippen molar-refractivity contribution >= 4 is 17.5 Å². The second-order valence-electron chi connectivity index (χ2n) is 5.51. The lowest BCUT2D eigenvalue weighted by molar-refractivity contribution is 0.0931. The van der Waals surface area contributed by atoms with E-state index in [2.05, 4.69) is 5.32 Å². The average Bonchev–Trinajstić information content (AvgIpc) is 2.85. The van der Waals surface area contributed by atoms with Crippen LogP contribution in [0.5, 0.6) is 0 Å². The van der Waals surface area contributed by atoms with Crippen LogP contribution >= 0.6 is 11.6 Å². The summed E-state index contributed by atoms with van der Waals surface area (Å²) < 4.78 is 13.7. The molecule has 0 atom stereocenters. The standard InChI is InChI=1S/C15H19ClFNO/c1-11-4-5-12(13(17)8-11)14(19)18-10-15(9-16)6-2-3-7-15/h4-5,8H,2-3,6-7,9-10H2,1H3,(H,18,19). The van der Waals surface area contributed by atoms with Gasteiger partial charge in [0.25, 0.3) is 5.91 Å². The lowest BCUT2D eigenvalue weighted by Crippen LogP contribution is -2.37. The molecule has 0 bridgehead atoms. The van der Waals surface area contributed by atoms with Gasteiger partial charge in [-0.2, -0.15) is 0 Å². The van der Waals surface area contributed by atoms with Crippen LogP contribution in [0.3, 0.4) is 0 Å². The summed E-state index contributed by atoms with van der Waals surface area (Å²) in [6, 6.07) is 4.65. The second kappa shape index (κ2) is 5.91. The lowest BCUT2D eigenvalue weighted by Gasteiger charge is -2.26. The summed E-state index contributed by atoms with van der Waals surface area (Å²) >= 11 is 6.02. The fraction of sp³-hybridized carbons (Fsp3) is 0.533. The maximum absolute atomic E-state index is 13.7. The molecule has 2 rings (SSSR count). The molecule has 104 valence electrons. The number of halogens is 2. The third kappa shape index (κ3) is 3.27. The van der Waals surface area contributed by atoms with Crippen LogP contribution < -0.4 is 5.32 Å². The number of carbonyl (C=O) groups excluding carboxylic acids is 1. The van der Waals surface area contributed by atoms with Gasteiger partial charge in [0.05, 0.1) is 5.56 Å². The van der Waals surface area contributed by atoms with E-state index in [1.54, 1.807) is 13.0 Å². The quantitative estimate of drug-likeness (QED) is 0.840. The first-order valence-corrected chi connectivity index (χ1v) is 7.20. The molecular weight excluding hydrogens is 265 g/mol. The third-order valence-electron chi connectivity index (χ3n) is 3.94. The van der Waals surface area contributed by atoms with E-state index >= 15 is 0 Å². The average molecular weight is 284 g/mol. The number of amides is 1. The number of hydrogen-bond acceptors (Lipinski definition) is 1. The highest BCUT2D eigenvalue weighted by Crippen LogP contribution is 2.38. The lowest BCUT2D eigenvalue weighted by atomic mass is 9.88. The summed E-state index contributed by atoms with van der Waals surface area (Å²) in [4.78, 5) is 12.0. The van der Waals surface area contributed by atoms with Crippen LogP contribution in [0.25, 0.3) is 0 Å². The molecule has 1 fully saturated rings. The number of alkyl halides is 1. The monoisotopic (exact) mass is 283 g/mol. The molecular formula is C15H19ClFNO. The van der Waals surface area contributed by atoms with Gasteiger partial charge in [0, 0.05) is 17.8 Å². The van der Waals surface area contributed by atoms with Gasteiger partial charge in [0.2, 0.25) is 0 Å². The summed E-state index contributed by atoms with van der Waals surface area (Å²) in [5.74, 6) is -0.276. The number of carbonyl (C=O) groups is 1. The van der Waals surface area contributed by atoms with Crippen LogP contribution in [0, 0.1) is 18.2 Å². The Kier molecular flexibility index (Phi) is 4.46. The summed E-state index contributed by atoms with van der Waals surface area (Å²) in [7, 11) is 0. The Morgan fingerprint density at radius 3 is 2.68 bits per heavy atom. The number of nitrogens with one attached hydrogen (secondary N) is 1. The molecule has 1 aromatic carbocycles. The summed E-state index contributed by atoms with van der Waals surface area (Å²) in [5.41, 5.74) is 0.911. The molecule has 0 saturated heterocycles. The van der Waals surface area contributed by atoms with Gasteiger partial charge in [-0.1, -0.05) is 18.9 Å². The zero-order valence-corrected chi connectivity index (χ0v) is 11.9. The van der Waals surface area contributed by atoms with E-state index in [0.29, 0.717) is 12.4 Å². The number of aryl methyl sites for hydroxylation is 1. The van der Waals surface area contributed by atoms with Crippen LogP contribution in [0.4, 0.5) is 4.39 Å². The Bertz CT molecular complexity index is 469. The Hall–Kier alpha value is -1.09. The predicted octanol–water partition coefficient (Wildman–Crippen LogP) is 3.66. The zero-order valence-electron chi connectivity index (χ0n) is 11.1. The molecule has 0 spiro atoms. The molecule has 0 unspecified atom stereocenters. The van der Waals surface area contributed by atoms with E-state index in [1.165, 1.54) is 12.1 Å². The summed E-state index contributed by atoms with van der Waals surface area (Å²) in [6.07, 6.45) is 4.38. The molecule has 0 aromatic heterocycles. The van der Waals surface area contributed by atoms with Crippen molar-refractivity contribution in [3.05, 3.63) is 35.1 Å². The molecule has 0 radical (unpaired) electrons. The van der Waals surface area contributed by atoms with Crippen molar-refractivity contribution in [2.24, 2.45) is 5.41 Å². The highest BCUT2D eigenvalue weighted by atomic mass is 35.5. The van der Waals surface area contributed by atoms with Crippen LogP contribution in [-0.4, -0.2) is 18.3 Å².